The average Bonchev–Trinajstić information content (AvgIpc) is 2.71. The van der Waals surface area contributed by atoms with Crippen molar-refractivity contribution in [3.05, 3.63) is 18.2 Å². The second-order valence-electron chi connectivity index (χ2n) is 4.68. The van der Waals surface area contributed by atoms with E-state index < -0.39 is 0 Å². The summed E-state index contributed by atoms with van der Waals surface area (Å²) in [6, 6.07) is 1.13. The first-order valence-corrected chi connectivity index (χ1v) is 6.43. The molecular weight excluding hydrogens is 198 g/mol. The van der Waals surface area contributed by atoms with Crippen LogP contribution in [0.3, 0.4) is 0 Å². The van der Waals surface area contributed by atoms with Gasteiger partial charge in [0.25, 0.3) is 0 Å². The van der Waals surface area contributed by atoms with Gasteiger partial charge in [-0.15, -0.1) is 0 Å². The van der Waals surface area contributed by atoms with E-state index in [2.05, 4.69) is 42.6 Å². The molecule has 3 heteroatoms. The Balaban J connectivity index is 2.67. The number of imidazole rings is 1. The van der Waals surface area contributed by atoms with Crippen LogP contribution in [-0.4, -0.2) is 15.6 Å². The molecule has 92 valence electrons. The Hall–Kier alpha value is -0.830. The van der Waals surface area contributed by atoms with Crippen LogP contribution in [0.25, 0.3) is 0 Å². The van der Waals surface area contributed by atoms with E-state index in [9.17, 15) is 0 Å². The van der Waals surface area contributed by atoms with Crippen LogP contribution >= 0.6 is 0 Å². The summed E-state index contributed by atoms with van der Waals surface area (Å²) in [7, 11) is 0. The van der Waals surface area contributed by atoms with Crippen LogP contribution in [0.15, 0.2) is 12.5 Å². The van der Waals surface area contributed by atoms with Gasteiger partial charge in [0, 0.05) is 24.8 Å². The highest BCUT2D eigenvalue weighted by atomic mass is 15.1. The number of rotatable bonds is 7. The quantitative estimate of drug-likeness (QED) is 0.769. The first kappa shape index (κ1) is 13.2. The third-order valence-corrected chi connectivity index (χ3v) is 2.92. The van der Waals surface area contributed by atoms with Gasteiger partial charge in [0.2, 0.25) is 0 Å². The maximum absolute atomic E-state index is 4.27. The molecule has 0 radical (unpaired) electrons. The lowest BCUT2D eigenvalue weighted by atomic mass is 10.1. The van der Waals surface area contributed by atoms with Crippen LogP contribution < -0.4 is 5.32 Å². The van der Waals surface area contributed by atoms with E-state index in [0.29, 0.717) is 12.1 Å². The van der Waals surface area contributed by atoms with Crippen molar-refractivity contribution in [2.24, 2.45) is 0 Å². The van der Waals surface area contributed by atoms with E-state index in [-0.39, 0.29) is 0 Å². The fourth-order valence-electron chi connectivity index (χ4n) is 1.98. The zero-order chi connectivity index (χ0) is 12.0. The highest BCUT2D eigenvalue weighted by molar-refractivity contribution is 5.00. The Morgan fingerprint density at radius 3 is 2.69 bits per heavy atom. The van der Waals surface area contributed by atoms with Gasteiger partial charge in [0.05, 0.1) is 12.0 Å². The normalized spacial score (nSPS) is 13.3. The molecule has 0 aliphatic rings. The molecule has 0 bridgehead atoms. The van der Waals surface area contributed by atoms with Gasteiger partial charge in [0.1, 0.15) is 0 Å². The first-order chi connectivity index (χ1) is 7.69. The third-order valence-electron chi connectivity index (χ3n) is 2.92. The molecule has 0 spiro atoms. The van der Waals surface area contributed by atoms with Crippen LogP contribution in [0.1, 0.15) is 58.7 Å². The number of hydrogen-bond acceptors (Lipinski definition) is 2. The van der Waals surface area contributed by atoms with E-state index in [1.807, 2.05) is 12.5 Å². The summed E-state index contributed by atoms with van der Waals surface area (Å²) in [6.07, 6.45) is 7.60. The predicted molar refractivity (Wildman–Crippen MR) is 68.4 cm³/mol. The van der Waals surface area contributed by atoms with Crippen molar-refractivity contribution in [3.63, 3.8) is 0 Å². The molecule has 0 fully saturated rings. The fraction of sp³-hybridized carbons (Fsp3) is 0.769. The summed E-state index contributed by atoms with van der Waals surface area (Å²) in [4.78, 5) is 4.27. The van der Waals surface area contributed by atoms with Gasteiger partial charge in [-0.25, -0.2) is 4.98 Å². The molecule has 1 atom stereocenters. The van der Waals surface area contributed by atoms with Crippen molar-refractivity contribution >= 4 is 0 Å². The molecule has 0 saturated heterocycles. The molecule has 1 rings (SSSR count). The minimum atomic E-state index is 0.523. The molecule has 0 aromatic carbocycles. The molecule has 16 heavy (non-hydrogen) atoms. The summed E-state index contributed by atoms with van der Waals surface area (Å²) in [5.74, 6) is 0. The Kier molecular flexibility index (Phi) is 5.53. The van der Waals surface area contributed by atoms with Crippen molar-refractivity contribution in [2.75, 3.05) is 0 Å². The minimum absolute atomic E-state index is 0.523. The van der Waals surface area contributed by atoms with Gasteiger partial charge >= 0.3 is 0 Å². The van der Waals surface area contributed by atoms with Gasteiger partial charge in [0.15, 0.2) is 0 Å². The molecule has 1 aromatic heterocycles. The van der Waals surface area contributed by atoms with Crippen LogP contribution in [0, 0.1) is 0 Å². The van der Waals surface area contributed by atoms with Crippen LogP contribution in [0.5, 0.6) is 0 Å². The maximum atomic E-state index is 4.27. The molecule has 0 saturated carbocycles. The zero-order valence-corrected chi connectivity index (χ0v) is 11.0. The van der Waals surface area contributed by atoms with Crippen molar-refractivity contribution in [2.45, 2.75) is 65.6 Å². The highest BCUT2D eigenvalue weighted by Gasteiger charge is 2.11. The summed E-state index contributed by atoms with van der Waals surface area (Å²) >= 11 is 0. The largest absolute Gasteiger partial charge is 0.330 e. The van der Waals surface area contributed by atoms with E-state index in [1.165, 1.54) is 25.0 Å². The van der Waals surface area contributed by atoms with Gasteiger partial charge in [-0.05, 0) is 12.8 Å². The van der Waals surface area contributed by atoms with Crippen molar-refractivity contribution in [1.29, 1.82) is 0 Å². The molecule has 0 aliphatic carbocycles. The monoisotopic (exact) mass is 223 g/mol. The summed E-state index contributed by atoms with van der Waals surface area (Å²) in [5, 5.41) is 3.45. The van der Waals surface area contributed by atoms with Crippen molar-refractivity contribution < 1.29 is 0 Å². The number of hydrogen-bond donors (Lipinski definition) is 1. The smallest absolute Gasteiger partial charge is 0.0951 e. The molecule has 0 amide bonds. The van der Waals surface area contributed by atoms with Crippen molar-refractivity contribution in [1.82, 2.24) is 14.9 Å². The lowest BCUT2D eigenvalue weighted by molar-refractivity contribution is 0.426. The SMILES string of the molecule is CCCC(CC)n1cncc1CNC(C)C. The topological polar surface area (TPSA) is 29.9 Å². The lowest BCUT2D eigenvalue weighted by Gasteiger charge is -2.19. The van der Waals surface area contributed by atoms with Crippen LogP contribution in [0.4, 0.5) is 0 Å². The highest BCUT2D eigenvalue weighted by Crippen LogP contribution is 2.19. The van der Waals surface area contributed by atoms with Crippen molar-refractivity contribution in [3.8, 4) is 0 Å². The van der Waals surface area contributed by atoms with E-state index in [4.69, 9.17) is 0 Å². The van der Waals surface area contributed by atoms with E-state index >= 15 is 0 Å². The van der Waals surface area contributed by atoms with Gasteiger partial charge in [-0.2, -0.15) is 0 Å². The Morgan fingerprint density at radius 1 is 1.38 bits per heavy atom. The molecule has 1 unspecified atom stereocenters. The number of aromatic nitrogens is 2. The predicted octanol–water partition coefficient (Wildman–Crippen LogP) is 3.13. The molecule has 1 N–H and O–H groups in total. The molecule has 0 aliphatic heterocycles. The summed E-state index contributed by atoms with van der Waals surface area (Å²) < 4.78 is 2.33. The van der Waals surface area contributed by atoms with Gasteiger partial charge < -0.3 is 9.88 Å². The number of nitrogens with one attached hydrogen (secondary N) is 1. The van der Waals surface area contributed by atoms with E-state index in [0.717, 1.165) is 6.54 Å². The second kappa shape index (κ2) is 6.69. The molecule has 1 aromatic rings. The second-order valence-corrected chi connectivity index (χ2v) is 4.68. The molecular formula is C13H25N3. The summed E-state index contributed by atoms with van der Waals surface area (Å²) in [5.41, 5.74) is 1.30. The first-order valence-electron chi connectivity index (χ1n) is 6.43. The van der Waals surface area contributed by atoms with Crippen LogP contribution in [-0.2, 0) is 6.54 Å². The molecule has 1 heterocycles. The summed E-state index contributed by atoms with van der Waals surface area (Å²) in [6.45, 7) is 9.75. The fourth-order valence-corrected chi connectivity index (χ4v) is 1.98. The third kappa shape index (κ3) is 3.63. The molecule has 3 nitrogen and oxygen atoms in total. The van der Waals surface area contributed by atoms with Crippen LogP contribution in [0.2, 0.25) is 0 Å². The van der Waals surface area contributed by atoms with E-state index in [1.54, 1.807) is 0 Å². The maximum Gasteiger partial charge on any atom is 0.0951 e. The Morgan fingerprint density at radius 2 is 2.12 bits per heavy atom. The van der Waals surface area contributed by atoms with Gasteiger partial charge in [-0.3, -0.25) is 0 Å². The average molecular weight is 223 g/mol. The zero-order valence-electron chi connectivity index (χ0n) is 11.0. The minimum Gasteiger partial charge on any atom is -0.330 e. The van der Waals surface area contributed by atoms with Gasteiger partial charge in [-0.1, -0.05) is 34.1 Å². The Labute approximate surface area is 99.3 Å². The number of nitrogens with zero attached hydrogens (tertiary/aromatic N) is 2. The standard InChI is InChI=1S/C13H25N3/c1-5-7-12(6-2)16-10-14-8-13(16)9-15-11(3)4/h8,10-12,15H,5-7,9H2,1-4H3. The lowest BCUT2D eigenvalue weighted by Crippen LogP contribution is -2.24. The Bertz CT molecular complexity index is 291.